The number of nitrogens with two attached hydrogens (primary N) is 1. The first-order valence-corrected chi connectivity index (χ1v) is 5.95. The van der Waals surface area contributed by atoms with Gasteiger partial charge >= 0.3 is 0 Å². The fraction of sp³-hybridized carbons (Fsp3) is 0.133. The van der Waals surface area contributed by atoms with Gasteiger partial charge in [-0.25, -0.2) is 4.39 Å². The van der Waals surface area contributed by atoms with Gasteiger partial charge in [-0.15, -0.1) is 0 Å². The number of hydrogen-bond donors (Lipinski definition) is 2. The van der Waals surface area contributed by atoms with Gasteiger partial charge in [-0.1, -0.05) is 24.3 Å². The minimum absolute atomic E-state index is 0.153. The van der Waals surface area contributed by atoms with Crippen LogP contribution < -0.4 is 11.1 Å². The number of aryl methyl sites for hydroxylation is 1. The van der Waals surface area contributed by atoms with Crippen LogP contribution in [0.15, 0.2) is 42.5 Å². The molecule has 98 valence electrons. The zero-order valence-corrected chi connectivity index (χ0v) is 10.6. The smallest absolute Gasteiger partial charge is 0.251 e. The maximum absolute atomic E-state index is 13.4. The summed E-state index contributed by atoms with van der Waals surface area (Å²) in [6, 6.07) is 11.5. The van der Waals surface area contributed by atoms with E-state index >= 15 is 0 Å². The van der Waals surface area contributed by atoms with Crippen LogP contribution in [-0.4, -0.2) is 5.91 Å². The second-order valence-corrected chi connectivity index (χ2v) is 4.35. The zero-order valence-electron chi connectivity index (χ0n) is 10.6. The number of carbonyl (C=O) groups excluding carboxylic acids is 1. The van der Waals surface area contributed by atoms with Gasteiger partial charge in [0.15, 0.2) is 0 Å². The average Bonchev–Trinajstić information content (AvgIpc) is 2.40. The summed E-state index contributed by atoms with van der Waals surface area (Å²) in [4.78, 5) is 12.0. The first kappa shape index (κ1) is 13.1. The summed E-state index contributed by atoms with van der Waals surface area (Å²) in [6.07, 6.45) is 0. The number of anilines is 1. The Kier molecular flexibility index (Phi) is 3.80. The maximum atomic E-state index is 13.4. The molecule has 0 atom stereocenters. The summed E-state index contributed by atoms with van der Waals surface area (Å²) in [7, 11) is 0. The van der Waals surface area contributed by atoms with Gasteiger partial charge in [-0.05, 0) is 30.7 Å². The minimum atomic E-state index is -0.327. The Balaban J connectivity index is 2.10. The Morgan fingerprint density at radius 1 is 1.26 bits per heavy atom. The average molecular weight is 258 g/mol. The van der Waals surface area contributed by atoms with E-state index in [1.54, 1.807) is 36.4 Å². The summed E-state index contributed by atoms with van der Waals surface area (Å²) in [5.41, 5.74) is 7.99. The summed E-state index contributed by atoms with van der Waals surface area (Å²) in [5, 5.41) is 2.69. The van der Waals surface area contributed by atoms with E-state index in [-0.39, 0.29) is 18.3 Å². The molecule has 0 saturated carbocycles. The molecule has 0 radical (unpaired) electrons. The monoisotopic (exact) mass is 258 g/mol. The predicted octanol–water partition coefficient (Wildman–Crippen LogP) is 2.65. The lowest BCUT2D eigenvalue weighted by Gasteiger charge is -2.09. The molecule has 0 aliphatic rings. The summed E-state index contributed by atoms with van der Waals surface area (Å²) in [5.74, 6) is -0.583. The summed E-state index contributed by atoms with van der Waals surface area (Å²) in [6.45, 7) is 1.98. The lowest BCUT2D eigenvalue weighted by atomic mass is 10.1. The van der Waals surface area contributed by atoms with Crippen molar-refractivity contribution in [1.82, 2.24) is 5.32 Å². The van der Waals surface area contributed by atoms with Gasteiger partial charge in [-0.3, -0.25) is 4.79 Å². The van der Waals surface area contributed by atoms with Crippen molar-refractivity contribution >= 4 is 11.6 Å². The molecule has 2 rings (SSSR count). The standard InChI is InChI=1S/C15H15FN2O/c1-10-6-7-12(17)8-13(10)15(19)18-9-11-4-2-3-5-14(11)16/h2-8H,9,17H2,1H3,(H,18,19). The number of amides is 1. The number of hydrogen-bond acceptors (Lipinski definition) is 2. The largest absolute Gasteiger partial charge is 0.399 e. The van der Waals surface area contributed by atoms with Crippen LogP contribution in [-0.2, 0) is 6.54 Å². The van der Waals surface area contributed by atoms with Gasteiger partial charge in [0.25, 0.3) is 5.91 Å². The van der Waals surface area contributed by atoms with Gasteiger partial charge < -0.3 is 11.1 Å². The number of carbonyl (C=O) groups is 1. The molecule has 0 fully saturated rings. The molecule has 4 heteroatoms. The van der Waals surface area contributed by atoms with E-state index in [1.807, 2.05) is 6.92 Å². The molecule has 0 saturated heterocycles. The minimum Gasteiger partial charge on any atom is -0.399 e. The molecule has 19 heavy (non-hydrogen) atoms. The highest BCUT2D eigenvalue weighted by atomic mass is 19.1. The van der Waals surface area contributed by atoms with Crippen molar-refractivity contribution in [2.45, 2.75) is 13.5 Å². The maximum Gasteiger partial charge on any atom is 0.251 e. The number of nitrogen functional groups attached to an aromatic ring is 1. The van der Waals surface area contributed by atoms with Crippen LogP contribution in [0.25, 0.3) is 0 Å². The SMILES string of the molecule is Cc1ccc(N)cc1C(=O)NCc1ccccc1F. The number of nitrogens with one attached hydrogen (secondary N) is 1. The normalized spacial score (nSPS) is 10.2. The van der Waals surface area contributed by atoms with Gasteiger partial charge in [0.2, 0.25) is 0 Å². The second kappa shape index (κ2) is 5.52. The molecule has 3 N–H and O–H groups in total. The highest BCUT2D eigenvalue weighted by Crippen LogP contribution is 2.13. The molecule has 0 spiro atoms. The topological polar surface area (TPSA) is 55.1 Å². The molecule has 0 bridgehead atoms. The van der Waals surface area contributed by atoms with Crippen LogP contribution in [0.2, 0.25) is 0 Å². The van der Waals surface area contributed by atoms with Gasteiger partial charge in [0.05, 0.1) is 0 Å². The van der Waals surface area contributed by atoms with Crippen LogP contribution in [0, 0.1) is 12.7 Å². The molecule has 0 heterocycles. The lowest BCUT2D eigenvalue weighted by molar-refractivity contribution is 0.0950. The van der Waals surface area contributed by atoms with Crippen LogP contribution in [0.4, 0.5) is 10.1 Å². The van der Waals surface area contributed by atoms with Crippen molar-refractivity contribution in [2.75, 3.05) is 5.73 Å². The predicted molar refractivity (Wildman–Crippen MR) is 73.2 cm³/mol. The van der Waals surface area contributed by atoms with E-state index in [1.165, 1.54) is 6.07 Å². The van der Waals surface area contributed by atoms with Gasteiger partial charge in [-0.2, -0.15) is 0 Å². The van der Waals surface area contributed by atoms with E-state index in [0.717, 1.165) is 5.56 Å². The highest BCUT2D eigenvalue weighted by molar-refractivity contribution is 5.96. The van der Waals surface area contributed by atoms with Crippen molar-refractivity contribution in [3.8, 4) is 0 Å². The fourth-order valence-electron chi connectivity index (χ4n) is 1.80. The molecule has 1 amide bonds. The van der Waals surface area contributed by atoms with Crippen LogP contribution >= 0.6 is 0 Å². The highest BCUT2D eigenvalue weighted by Gasteiger charge is 2.10. The van der Waals surface area contributed by atoms with E-state index in [9.17, 15) is 9.18 Å². The van der Waals surface area contributed by atoms with E-state index in [0.29, 0.717) is 16.8 Å². The third-order valence-corrected chi connectivity index (χ3v) is 2.90. The van der Waals surface area contributed by atoms with Crippen molar-refractivity contribution < 1.29 is 9.18 Å². The third kappa shape index (κ3) is 3.10. The van der Waals surface area contributed by atoms with Crippen molar-refractivity contribution in [2.24, 2.45) is 0 Å². The van der Waals surface area contributed by atoms with Crippen LogP contribution in [0.1, 0.15) is 21.5 Å². The number of halogens is 1. The molecule has 3 nitrogen and oxygen atoms in total. The number of benzene rings is 2. The first-order valence-electron chi connectivity index (χ1n) is 5.95. The summed E-state index contributed by atoms with van der Waals surface area (Å²) < 4.78 is 13.4. The second-order valence-electron chi connectivity index (χ2n) is 4.35. The van der Waals surface area contributed by atoms with Crippen molar-refractivity contribution in [3.05, 3.63) is 65.0 Å². The van der Waals surface area contributed by atoms with Crippen molar-refractivity contribution in [3.63, 3.8) is 0 Å². The Morgan fingerprint density at radius 2 is 2.00 bits per heavy atom. The Hall–Kier alpha value is -2.36. The molecule has 0 aliphatic heterocycles. The first-order chi connectivity index (χ1) is 9.08. The Labute approximate surface area is 111 Å². The zero-order chi connectivity index (χ0) is 13.8. The van der Waals surface area contributed by atoms with Gasteiger partial charge in [0.1, 0.15) is 5.82 Å². The molecule has 0 aromatic heterocycles. The molecular formula is C15H15FN2O. The quantitative estimate of drug-likeness (QED) is 0.831. The van der Waals surface area contributed by atoms with Crippen LogP contribution in [0.3, 0.4) is 0 Å². The molecular weight excluding hydrogens is 243 g/mol. The van der Waals surface area contributed by atoms with Crippen LogP contribution in [0.5, 0.6) is 0 Å². The summed E-state index contributed by atoms with van der Waals surface area (Å²) >= 11 is 0. The van der Waals surface area contributed by atoms with E-state index in [4.69, 9.17) is 5.73 Å². The fourth-order valence-corrected chi connectivity index (χ4v) is 1.80. The lowest BCUT2D eigenvalue weighted by Crippen LogP contribution is -2.24. The Bertz CT molecular complexity index is 611. The van der Waals surface area contributed by atoms with E-state index in [2.05, 4.69) is 5.32 Å². The molecule has 2 aromatic carbocycles. The van der Waals surface area contributed by atoms with Gasteiger partial charge in [0, 0.05) is 23.4 Å². The number of rotatable bonds is 3. The Morgan fingerprint density at radius 3 is 2.74 bits per heavy atom. The molecule has 0 unspecified atom stereocenters. The molecule has 2 aromatic rings. The van der Waals surface area contributed by atoms with Crippen molar-refractivity contribution in [1.29, 1.82) is 0 Å². The third-order valence-electron chi connectivity index (χ3n) is 2.90. The van der Waals surface area contributed by atoms with E-state index < -0.39 is 0 Å². The molecule has 0 aliphatic carbocycles.